The molecule has 55 heavy (non-hydrogen) atoms. The number of quaternary nitrogens is 1. The number of nitrogens with one attached hydrogen (secondary N) is 3. The smallest absolute Gasteiger partial charge is 0.870 e. The summed E-state index contributed by atoms with van der Waals surface area (Å²) in [6.45, 7) is 3.90. The van der Waals surface area contributed by atoms with Crippen LogP contribution in [-0.2, 0) is 30.6 Å². The minimum absolute atomic E-state index is 0. The molecular formula is C30H30N11NaO10S3. The van der Waals surface area contributed by atoms with E-state index < -0.39 is 69.7 Å². The maximum absolute atomic E-state index is 13.6. The molecule has 1 saturated heterocycles. The summed E-state index contributed by atoms with van der Waals surface area (Å²) in [6, 6.07) is 3.65. The van der Waals surface area contributed by atoms with Gasteiger partial charge in [-0.2, -0.15) is 20.1 Å². The van der Waals surface area contributed by atoms with Crippen molar-refractivity contribution in [1.29, 1.82) is 0 Å². The Labute approximate surface area is 344 Å². The van der Waals surface area contributed by atoms with Crippen molar-refractivity contribution in [3.63, 3.8) is 0 Å². The van der Waals surface area contributed by atoms with Gasteiger partial charge in [-0.1, -0.05) is 22.1 Å². The van der Waals surface area contributed by atoms with Crippen molar-refractivity contribution < 1.29 is 84.4 Å². The number of aliphatic carboxylic acids is 1. The maximum Gasteiger partial charge on any atom is 1.00 e. The second-order valence-corrected chi connectivity index (χ2v) is 15.1. The number of thiazole rings is 1. The van der Waals surface area contributed by atoms with Crippen LogP contribution in [0.3, 0.4) is 0 Å². The molecule has 2 aliphatic heterocycles. The molecule has 3 aromatic heterocycles. The van der Waals surface area contributed by atoms with E-state index in [0.717, 1.165) is 28.4 Å². The molecule has 8 N–H and O–H groups in total. The predicted molar refractivity (Wildman–Crippen MR) is 186 cm³/mol. The molecule has 6 rings (SSSR count). The summed E-state index contributed by atoms with van der Waals surface area (Å²) in [6.07, 6.45) is 0. The van der Waals surface area contributed by atoms with Crippen LogP contribution in [0.4, 0.5) is 10.8 Å². The number of phenolic OH excluding ortho intramolecular Hbond substituents is 1. The SMILES string of the molecule is Cc1cc(SCC2=C(C(=O)[O-])N3C(=O)[C@@H](NC(=O)/C(=N\OC(C)(C)C(=O)N[NH+](O)c4ccc([O-])c(O)c4)c4csc(N)n4)[C@H]3SC2)n2nc(CO)nc2n1.[Na+]. The summed E-state index contributed by atoms with van der Waals surface area (Å²) in [4.78, 5) is 71.5. The van der Waals surface area contributed by atoms with Gasteiger partial charge >= 0.3 is 35.5 Å². The minimum Gasteiger partial charge on any atom is -0.870 e. The third-order valence-electron chi connectivity index (χ3n) is 7.87. The number of carboxylic acid groups (broad SMARTS) is 1. The first-order valence-corrected chi connectivity index (χ1v) is 18.5. The van der Waals surface area contributed by atoms with E-state index >= 15 is 0 Å². The number of phenols is 1. The van der Waals surface area contributed by atoms with Crippen molar-refractivity contribution in [2.45, 2.75) is 49.4 Å². The molecule has 3 atom stereocenters. The number of hydrogen-bond acceptors (Lipinski definition) is 19. The molecule has 1 unspecified atom stereocenters. The van der Waals surface area contributed by atoms with E-state index in [4.69, 9.17) is 10.6 Å². The number of carbonyl (C=O) groups excluding carboxylic acids is 4. The Morgan fingerprint density at radius 2 is 1.98 bits per heavy atom. The van der Waals surface area contributed by atoms with Crippen molar-refractivity contribution in [2.75, 3.05) is 17.2 Å². The zero-order chi connectivity index (χ0) is 39.1. The molecule has 2 aliphatic rings. The number of rotatable bonds is 13. The van der Waals surface area contributed by atoms with Gasteiger partial charge < -0.3 is 41.1 Å². The summed E-state index contributed by atoms with van der Waals surface area (Å²) >= 11 is 3.42. The molecule has 25 heteroatoms. The molecule has 0 radical (unpaired) electrons. The monoisotopic (exact) mass is 823 g/mol. The number of aromatic nitrogens is 5. The Morgan fingerprint density at radius 1 is 1.24 bits per heavy atom. The summed E-state index contributed by atoms with van der Waals surface area (Å²) in [7, 11) is 0. The van der Waals surface area contributed by atoms with Crippen molar-refractivity contribution >= 4 is 80.9 Å². The van der Waals surface area contributed by atoms with Gasteiger partial charge in [0.2, 0.25) is 5.60 Å². The number of thioether (sulfide) groups is 2. The second-order valence-electron chi connectivity index (χ2n) is 12.1. The van der Waals surface area contributed by atoms with Crippen LogP contribution >= 0.6 is 34.9 Å². The van der Waals surface area contributed by atoms with Gasteiger partial charge in [0, 0.05) is 34.7 Å². The molecule has 4 aromatic rings. The summed E-state index contributed by atoms with van der Waals surface area (Å²) in [5.41, 5.74) is 6.20. The Kier molecular flexibility index (Phi) is 12.6. The van der Waals surface area contributed by atoms with Crippen molar-refractivity contribution in [3.05, 3.63) is 58.1 Å². The molecule has 0 aliphatic carbocycles. The molecule has 1 aromatic carbocycles. The van der Waals surface area contributed by atoms with Gasteiger partial charge in [-0.15, -0.1) is 40.0 Å². The van der Waals surface area contributed by atoms with Crippen molar-refractivity contribution in [1.82, 2.24) is 40.2 Å². The third-order valence-corrected chi connectivity index (χ3v) is 11.0. The van der Waals surface area contributed by atoms with Crippen LogP contribution in [0.15, 0.2) is 51.1 Å². The van der Waals surface area contributed by atoms with Gasteiger partial charge in [-0.25, -0.2) is 9.97 Å². The Morgan fingerprint density at radius 3 is 2.64 bits per heavy atom. The normalized spacial score (nSPS) is 17.6. The van der Waals surface area contributed by atoms with Crippen LogP contribution in [-0.4, -0.2) is 103 Å². The zero-order valence-electron chi connectivity index (χ0n) is 29.3. The molecule has 21 nitrogen and oxygen atoms in total. The predicted octanol–water partition coefficient (Wildman–Crippen LogP) is -5.92. The van der Waals surface area contributed by atoms with Gasteiger partial charge in [0.15, 0.2) is 22.4 Å². The Bertz CT molecular complexity index is 2250. The average molecular weight is 824 g/mol. The number of carbonyl (C=O) groups is 4. The van der Waals surface area contributed by atoms with E-state index in [-0.39, 0.29) is 74.9 Å². The fourth-order valence-corrected chi connectivity index (χ4v) is 8.20. The number of aliphatic hydroxyl groups excluding tert-OH is 1. The quantitative estimate of drug-likeness (QED) is 0.0165. The van der Waals surface area contributed by atoms with Crippen molar-refractivity contribution in [2.24, 2.45) is 5.16 Å². The number of carboxylic acids is 1. The number of benzene rings is 1. The van der Waals surface area contributed by atoms with E-state index in [1.165, 1.54) is 53.3 Å². The number of aromatic hydroxyl groups is 1. The van der Waals surface area contributed by atoms with E-state index in [1.807, 2.05) is 0 Å². The van der Waals surface area contributed by atoms with E-state index in [0.29, 0.717) is 16.3 Å². The first-order chi connectivity index (χ1) is 25.6. The van der Waals surface area contributed by atoms with E-state index in [1.54, 1.807) is 13.0 Å². The number of nitrogens with zero attached hydrogens (tertiary/aromatic N) is 7. The molecule has 3 amide bonds. The summed E-state index contributed by atoms with van der Waals surface area (Å²) in [5.74, 6) is -4.82. The number of hydrogen-bond donors (Lipinski definition) is 7. The molecule has 0 saturated carbocycles. The van der Waals surface area contributed by atoms with E-state index in [2.05, 4.69) is 35.9 Å². The summed E-state index contributed by atoms with van der Waals surface area (Å²) < 4.78 is 1.43. The Hall–Kier alpha value is -4.53. The van der Waals surface area contributed by atoms with Crippen LogP contribution in [0, 0.1) is 6.92 Å². The number of oxime groups is 1. The number of amides is 3. The van der Waals surface area contributed by atoms with Gasteiger partial charge in [0.05, 0.1) is 11.7 Å². The van der Waals surface area contributed by atoms with Crippen LogP contribution in [0.2, 0.25) is 0 Å². The second kappa shape index (κ2) is 16.7. The van der Waals surface area contributed by atoms with Gasteiger partial charge in [-0.05, 0) is 32.4 Å². The first-order valence-electron chi connectivity index (χ1n) is 15.6. The number of nitrogens with two attached hydrogens (primary N) is 1. The van der Waals surface area contributed by atoms with Gasteiger partial charge in [0.1, 0.15) is 34.5 Å². The molecule has 284 valence electrons. The largest absolute Gasteiger partial charge is 1.00 e. The first kappa shape index (κ1) is 41.6. The number of β-lactam (4-membered cyclic amide) rings is 1. The molecule has 1 fully saturated rings. The topological polar surface area (TPSA) is 310 Å². The number of aryl methyl sites for hydroxylation is 1. The van der Waals surface area contributed by atoms with Crippen LogP contribution in [0.1, 0.15) is 31.1 Å². The zero-order valence-corrected chi connectivity index (χ0v) is 33.7. The van der Waals surface area contributed by atoms with Crippen molar-refractivity contribution in [3.8, 4) is 11.5 Å². The third kappa shape index (κ3) is 8.66. The molecule has 5 heterocycles. The van der Waals surface area contributed by atoms with Gasteiger partial charge in [0.25, 0.3) is 17.6 Å². The van der Waals surface area contributed by atoms with E-state index in [9.17, 15) is 44.8 Å². The Balaban J connectivity index is 0.00000580. The average Bonchev–Trinajstić information content (AvgIpc) is 3.75. The van der Waals surface area contributed by atoms with Crippen LogP contribution in [0.25, 0.3) is 5.78 Å². The van der Waals surface area contributed by atoms with Gasteiger partial charge in [-0.3, -0.25) is 19.3 Å². The molecule has 0 spiro atoms. The minimum atomic E-state index is -1.84. The number of aliphatic hydroxyl groups is 1. The van der Waals surface area contributed by atoms with Crippen LogP contribution < -0.4 is 61.4 Å². The standard InChI is InChI=1S/C30H31N11O10S3.Na/c1-12-6-19(40-29(32-12)34-18(8-42)36-40)52-9-13-10-53-25-21(24(46)39(25)22(13)26(47)48)35-23(45)20(15-11-54-28(31)33-15)38-51-30(2,3)27(49)37-41(50)14-4-5-16(43)17(44)7-14;/h4-7,11,21,25,42-44,50H,8-10H2,1-3H3,(H2,31,33)(H,35,45)(H,37,49)(H,47,48);/q;+1/p-1/b38-20-;/t21-,25-;/m1./s1. The summed E-state index contributed by atoms with van der Waals surface area (Å²) in [5, 5.41) is 64.5. The fourth-order valence-electron chi connectivity index (χ4n) is 5.12. The number of anilines is 1. The maximum atomic E-state index is 13.6. The fraction of sp³-hybridized carbons (Fsp3) is 0.300. The van der Waals surface area contributed by atoms with Crippen LogP contribution in [0.5, 0.6) is 11.5 Å². The number of fused-ring (bicyclic) bond motifs is 2. The molecule has 0 bridgehead atoms. The molecular weight excluding hydrogens is 794 g/mol. The number of nitrogen functional groups attached to an aromatic ring is 1.